The van der Waals surface area contributed by atoms with Crippen molar-refractivity contribution >= 4 is 5.91 Å². The van der Waals surface area contributed by atoms with Gasteiger partial charge in [-0.2, -0.15) is 0 Å². The molecule has 1 unspecified atom stereocenters. The molecule has 0 aromatic carbocycles. The minimum atomic E-state index is -1.67. The molecule has 17 heteroatoms. The van der Waals surface area contributed by atoms with Gasteiger partial charge in [0, 0.05) is 6.42 Å². The number of hydrogen-bond donors (Lipinski definition) is 11. The van der Waals surface area contributed by atoms with E-state index >= 15 is 0 Å². The summed E-state index contributed by atoms with van der Waals surface area (Å²) in [6.45, 7) is 0.109. The number of nitrogens with two attached hydrogens (primary N) is 2. The van der Waals surface area contributed by atoms with Crippen LogP contribution in [0.15, 0.2) is 0 Å². The number of aliphatic hydroxyl groups excluding tert-OH is 8. The Morgan fingerprint density at radius 1 is 0.612 bits per heavy atom. The zero-order chi connectivity index (χ0) is 36.1. The number of nitrogens with one attached hydrogen (secondary N) is 1. The predicted molar refractivity (Wildman–Crippen MR) is 172 cm³/mol. The van der Waals surface area contributed by atoms with Gasteiger partial charge < -0.3 is 81.3 Å². The maximum Gasteiger partial charge on any atom is 0.220 e. The molecule has 15 atom stereocenters. The molecule has 288 valence electrons. The van der Waals surface area contributed by atoms with Gasteiger partial charge in [0.15, 0.2) is 18.9 Å². The fourth-order valence-electron chi connectivity index (χ4n) is 6.53. The van der Waals surface area contributed by atoms with Crippen LogP contribution in [0.1, 0.15) is 84.0 Å². The summed E-state index contributed by atoms with van der Waals surface area (Å²) in [5.74, 6) is -0.408. The number of unbranched alkanes of at least 4 members (excludes halogenated alkanes) is 10. The molecule has 3 aliphatic rings. The van der Waals surface area contributed by atoms with Gasteiger partial charge in [0.1, 0.15) is 61.0 Å². The monoisotopic (exact) mass is 711 g/mol. The highest BCUT2D eigenvalue weighted by Gasteiger charge is 2.52. The second-order valence-electron chi connectivity index (χ2n) is 13.4. The number of aliphatic hydroxyl groups is 8. The lowest BCUT2D eigenvalue weighted by Gasteiger charge is -2.48. The van der Waals surface area contributed by atoms with Crippen molar-refractivity contribution in [2.45, 2.75) is 176 Å². The molecule has 0 aromatic rings. The first-order valence-corrected chi connectivity index (χ1v) is 17.8. The normalized spacial score (nSPS) is 39.9. The Bertz CT molecular complexity index is 938. The highest BCUT2D eigenvalue weighted by molar-refractivity contribution is 5.76. The Morgan fingerprint density at radius 2 is 1.06 bits per heavy atom. The summed E-state index contributed by atoms with van der Waals surface area (Å²) in [7, 11) is 0. The third-order valence-corrected chi connectivity index (χ3v) is 9.62. The van der Waals surface area contributed by atoms with Crippen molar-refractivity contribution in [2.24, 2.45) is 11.5 Å². The van der Waals surface area contributed by atoms with Crippen molar-refractivity contribution in [3.8, 4) is 0 Å². The maximum absolute atomic E-state index is 12.7. The molecule has 13 N–H and O–H groups in total. The smallest absolute Gasteiger partial charge is 0.220 e. The summed E-state index contributed by atoms with van der Waals surface area (Å²) in [4.78, 5) is 12.7. The van der Waals surface area contributed by atoms with Crippen LogP contribution < -0.4 is 16.8 Å². The van der Waals surface area contributed by atoms with Gasteiger partial charge in [-0.25, -0.2) is 0 Å². The van der Waals surface area contributed by atoms with Gasteiger partial charge in [-0.05, 0) is 6.42 Å². The Balaban J connectivity index is 1.53. The molecule has 0 aromatic heterocycles. The topological polar surface area (TPSA) is 289 Å². The Hall–Kier alpha value is -1.13. The van der Waals surface area contributed by atoms with Gasteiger partial charge in [0.05, 0.1) is 31.9 Å². The van der Waals surface area contributed by atoms with Crippen molar-refractivity contribution in [3.05, 3.63) is 0 Å². The second-order valence-corrected chi connectivity index (χ2v) is 13.4. The first-order chi connectivity index (χ1) is 23.5. The zero-order valence-corrected chi connectivity index (χ0v) is 28.4. The molecule has 1 amide bonds. The van der Waals surface area contributed by atoms with Gasteiger partial charge in [0.25, 0.3) is 0 Å². The van der Waals surface area contributed by atoms with Crippen LogP contribution in [0.5, 0.6) is 0 Å². The minimum absolute atomic E-state index is 0.174. The summed E-state index contributed by atoms with van der Waals surface area (Å²) >= 11 is 0. The number of rotatable bonds is 20. The molecule has 0 aliphatic carbocycles. The van der Waals surface area contributed by atoms with Gasteiger partial charge in [-0.15, -0.1) is 0 Å². The second kappa shape index (κ2) is 21.4. The highest BCUT2D eigenvalue weighted by atomic mass is 16.7. The quantitative estimate of drug-likeness (QED) is 0.0568. The molecule has 0 spiro atoms. The number of hydrogen-bond acceptors (Lipinski definition) is 16. The summed E-state index contributed by atoms with van der Waals surface area (Å²) in [5, 5.41) is 85.2. The summed E-state index contributed by atoms with van der Waals surface area (Å²) in [6, 6.07) is -4.01. The Labute approximate surface area is 287 Å². The van der Waals surface area contributed by atoms with E-state index in [-0.39, 0.29) is 6.42 Å². The van der Waals surface area contributed by atoms with Gasteiger partial charge in [0.2, 0.25) is 5.91 Å². The van der Waals surface area contributed by atoms with Crippen molar-refractivity contribution in [2.75, 3.05) is 19.8 Å². The van der Waals surface area contributed by atoms with E-state index < -0.39 is 118 Å². The van der Waals surface area contributed by atoms with E-state index in [0.29, 0.717) is 6.42 Å². The summed E-state index contributed by atoms with van der Waals surface area (Å²) in [5.41, 5.74) is 12.2. The van der Waals surface area contributed by atoms with Crippen molar-refractivity contribution in [1.29, 1.82) is 0 Å². The van der Waals surface area contributed by atoms with Crippen LogP contribution in [-0.4, -0.2) is 159 Å². The van der Waals surface area contributed by atoms with Crippen molar-refractivity contribution in [3.63, 3.8) is 0 Å². The molecule has 0 bridgehead atoms. The minimum Gasteiger partial charge on any atom is -0.394 e. The fraction of sp³-hybridized carbons (Fsp3) is 0.969. The molecule has 0 saturated carbocycles. The largest absolute Gasteiger partial charge is 0.394 e. The Morgan fingerprint density at radius 3 is 1.59 bits per heavy atom. The SMILES string of the molecule is CCCCCCCCCCCCCC(=O)N[C@@H]1[C@@H](O)[C@H](O[C@@H]2O[C@H](CO)C(O[C@@H]3O[C@H](CO)[C@@H](O)[C@H](O)[C@H]3N)[C@H](O)[C@H]2N)[C@@H](CO)O[C@H]1O. The van der Waals surface area contributed by atoms with Crippen LogP contribution >= 0.6 is 0 Å². The van der Waals surface area contributed by atoms with Crippen molar-refractivity contribution < 1.29 is 69.3 Å². The molecule has 49 heavy (non-hydrogen) atoms. The van der Waals surface area contributed by atoms with Crippen LogP contribution in [0.4, 0.5) is 0 Å². The van der Waals surface area contributed by atoms with Gasteiger partial charge in [-0.3, -0.25) is 4.79 Å². The average Bonchev–Trinajstić information content (AvgIpc) is 3.09. The highest BCUT2D eigenvalue weighted by Crippen LogP contribution is 2.31. The molecule has 3 aliphatic heterocycles. The van der Waals surface area contributed by atoms with Crippen LogP contribution in [0.2, 0.25) is 0 Å². The molecule has 3 fully saturated rings. The van der Waals surface area contributed by atoms with Gasteiger partial charge >= 0.3 is 0 Å². The lowest BCUT2D eigenvalue weighted by molar-refractivity contribution is -0.348. The molecule has 0 radical (unpaired) electrons. The van der Waals surface area contributed by atoms with E-state index in [2.05, 4.69) is 12.2 Å². The summed E-state index contributed by atoms with van der Waals surface area (Å²) in [6.07, 6.45) is -4.97. The number of carbonyl (C=O) groups is 1. The zero-order valence-electron chi connectivity index (χ0n) is 28.4. The van der Waals surface area contributed by atoms with Gasteiger partial charge in [-0.1, -0.05) is 71.1 Å². The first kappa shape index (κ1) is 42.3. The van der Waals surface area contributed by atoms with E-state index in [4.69, 9.17) is 35.2 Å². The third kappa shape index (κ3) is 11.7. The molecule has 3 rings (SSSR count). The molecule has 17 nitrogen and oxygen atoms in total. The Kier molecular flexibility index (Phi) is 18.5. The molecule has 3 saturated heterocycles. The van der Waals surface area contributed by atoms with Crippen LogP contribution in [0.3, 0.4) is 0 Å². The van der Waals surface area contributed by atoms with E-state index in [9.17, 15) is 45.6 Å². The fourth-order valence-corrected chi connectivity index (χ4v) is 6.53. The lowest BCUT2D eigenvalue weighted by atomic mass is 9.94. The standard InChI is InChI=1S/C32H61N3O14/c1-2-3-4-5-6-7-8-9-10-11-12-13-20(39)35-23-27(43)29(18(15-37)45-30(23)44)49-32-22(34)26(42)28(19(16-38)47-32)48-31-21(33)25(41)24(40)17(14-36)46-31/h17-19,21-32,36-38,40-44H,2-16,33-34H2,1H3,(H,35,39)/t17-,18-,19-,21-,22-,23-,24-,25-,26-,27-,28?,29-,30-,31+,32+/m1/s1. The number of carbonyl (C=O) groups excluding carboxylic acids is 1. The van der Waals surface area contributed by atoms with E-state index in [1.165, 1.54) is 44.9 Å². The summed E-state index contributed by atoms with van der Waals surface area (Å²) < 4.78 is 28.3. The number of amides is 1. The van der Waals surface area contributed by atoms with E-state index in [1.807, 2.05) is 0 Å². The van der Waals surface area contributed by atoms with E-state index in [0.717, 1.165) is 19.3 Å². The molecule has 3 heterocycles. The molecular formula is C32H61N3O14. The number of ether oxygens (including phenoxy) is 5. The lowest BCUT2D eigenvalue weighted by Crippen LogP contribution is -2.69. The van der Waals surface area contributed by atoms with Crippen LogP contribution in [-0.2, 0) is 28.5 Å². The maximum atomic E-state index is 12.7. The molecular weight excluding hydrogens is 650 g/mol. The van der Waals surface area contributed by atoms with E-state index in [1.54, 1.807) is 0 Å². The average molecular weight is 712 g/mol. The van der Waals surface area contributed by atoms with Crippen LogP contribution in [0, 0.1) is 0 Å². The third-order valence-electron chi connectivity index (χ3n) is 9.62. The predicted octanol–water partition coefficient (Wildman–Crippen LogP) is -2.82. The van der Waals surface area contributed by atoms with Crippen LogP contribution in [0.25, 0.3) is 0 Å². The first-order valence-electron chi connectivity index (χ1n) is 17.8. The van der Waals surface area contributed by atoms with Crippen molar-refractivity contribution in [1.82, 2.24) is 5.32 Å².